The van der Waals surface area contributed by atoms with E-state index < -0.39 is 0 Å². The van der Waals surface area contributed by atoms with Crippen LogP contribution in [0.15, 0.2) is 23.6 Å². The van der Waals surface area contributed by atoms with Crippen molar-refractivity contribution in [3.63, 3.8) is 0 Å². The van der Waals surface area contributed by atoms with Crippen LogP contribution in [0, 0.1) is 0 Å². The quantitative estimate of drug-likeness (QED) is 0.839. The molecule has 0 atom stereocenters. The van der Waals surface area contributed by atoms with Gasteiger partial charge in [0.2, 0.25) is 0 Å². The number of thiophene rings is 1. The fourth-order valence-corrected chi connectivity index (χ4v) is 2.53. The van der Waals surface area contributed by atoms with Gasteiger partial charge in [-0.25, -0.2) is 0 Å². The van der Waals surface area contributed by atoms with Crippen LogP contribution in [0.1, 0.15) is 11.1 Å². The van der Waals surface area contributed by atoms with Crippen molar-refractivity contribution in [2.24, 2.45) is 5.73 Å². The minimum absolute atomic E-state index is 0.605. The summed E-state index contributed by atoms with van der Waals surface area (Å²) in [5.41, 5.74) is 8.03. The Balaban J connectivity index is 2.48. The van der Waals surface area contributed by atoms with Gasteiger partial charge in [0.05, 0.1) is 6.61 Å². The highest BCUT2D eigenvalue weighted by atomic mass is 32.1. The lowest BCUT2D eigenvalue weighted by Crippen LogP contribution is -1.95. The van der Waals surface area contributed by atoms with Gasteiger partial charge in [0, 0.05) is 18.4 Å². The number of methoxy groups -OCH3 is 1. The first-order chi connectivity index (χ1) is 6.85. The summed E-state index contributed by atoms with van der Waals surface area (Å²) in [7, 11) is 1.72. The zero-order valence-corrected chi connectivity index (χ0v) is 8.93. The molecule has 2 rings (SSSR count). The Hall–Kier alpha value is -0.900. The molecule has 0 aliphatic rings. The Morgan fingerprint density at radius 1 is 1.43 bits per heavy atom. The van der Waals surface area contributed by atoms with E-state index in [0.717, 1.165) is 0 Å². The van der Waals surface area contributed by atoms with Crippen LogP contribution < -0.4 is 5.73 Å². The molecular formula is C11H13NOS. The highest BCUT2D eigenvalue weighted by Crippen LogP contribution is 2.27. The summed E-state index contributed by atoms with van der Waals surface area (Å²) in [5.74, 6) is 0. The van der Waals surface area contributed by atoms with E-state index in [2.05, 4.69) is 23.6 Å². The first kappa shape index (κ1) is 9.65. The van der Waals surface area contributed by atoms with E-state index in [1.165, 1.54) is 21.2 Å². The molecule has 0 saturated heterocycles. The van der Waals surface area contributed by atoms with E-state index in [0.29, 0.717) is 13.2 Å². The van der Waals surface area contributed by atoms with E-state index in [4.69, 9.17) is 10.5 Å². The number of rotatable bonds is 3. The third kappa shape index (κ3) is 1.66. The topological polar surface area (TPSA) is 35.2 Å². The lowest BCUT2D eigenvalue weighted by atomic mass is 10.1. The number of nitrogens with two attached hydrogens (primary N) is 1. The monoisotopic (exact) mass is 207 g/mol. The number of hydrogen-bond acceptors (Lipinski definition) is 3. The van der Waals surface area contributed by atoms with E-state index >= 15 is 0 Å². The largest absolute Gasteiger partial charge is 0.380 e. The summed E-state index contributed by atoms with van der Waals surface area (Å²) in [4.78, 5) is 0. The molecule has 1 aromatic heterocycles. The predicted octanol–water partition coefficient (Wildman–Crippen LogP) is 2.51. The van der Waals surface area contributed by atoms with Crippen LogP contribution in [-0.2, 0) is 17.9 Å². The lowest BCUT2D eigenvalue weighted by Gasteiger charge is -1.99. The van der Waals surface area contributed by atoms with Gasteiger partial charge in [0.25, 0.3) is 0 Å². The minimum Gasteiger partial charge on any atom is -0.380 e. The van der Waals surface area contributed by atoms with Crippen LogP contribution in [0.2, 0.25) is 0 Å². The summed E-state index contributed by atoms with van der Waals surface area (Å²) in [5, 5.41) is 3.43. The molecule has 0 saturated carbocycles. The maximum atomic E-state index is 5.59. The fourth-order valence-electron chi connectivity index (χ4n) is 1.52. The van der Waals surface area contributed by atoms with Crippen LogP contribution in [0.5, 0.6) is 0 Å². The van der Waals surface area contributed by atoms with Gasteiger partial charge in [0.1, 0.15) is 0 Å². The smallest absolute Gasteiger partial charge is 0.0727 e. The number of ether oxygens (including phenoxy) is 1. The molecule has 14 heavy (non-hydrogen) atoms. The van der Waals surface area contributed by atoms with Crippen molar-refractivity contribution >= 4 is 21.4 Å². The summed E-state index contributed by atoms with van der Waals surface area (Å²) >= 11 is 1.75. The Kier molecular flexibility index (Phi) is 2.82. The second-order valence-corrected chi connectivity index (χ2v) is 4.14. The Labute approximate surface area is 87.3 Å². The number of benzene rings is 1. The molecule has 0 fully saturated rings. The molecule has 0 bridgehead atoms. The maximum Gasteiger partial charge on any atom is 0.0727 e. The molecule has 0 spiro atoms. The van der Waals surface area contributed by atoms with Crippen LogP contribution in [0.25, 0.3) is 10.1 Å². The van der Waals surface area contributed by atoms with Gasteiger partial charge in [-0.2, -0.15) is 0 Å². The fraction of sp³-hybridized carbons (Fsp3) is 0.273. The van der Waals surface area contributed by atoms with Crippen LogP contribution in [0.3, 0.4) is 0 Å². The molecule has 1 aromatic carbocycles. The highest BCUT2D eigenvalue weighted by molar-refractivity contribution is 7.17. The van der Waals surface area contributed by atoms with Gasteiger partial charge in [0.15, 0.2) is 0 Å². The van der Waals surface area contributed by atoms with E-state index in [1.54, 1.807) is 18.4 Å². The second-order valence-electron chi connectivity index (χ2n) is 3.23. The summed E-state index contributed by atoms with van der Waals surface area (Å²) in [6.07, 6.45) is 0. The molecular weight excluding hydrogens is 194 g/mol. The second kappa shape index (κ2) is 4.09. The van der Waals surface area contributed by atoms with Crippen molar-refractivity contribution in [2.45, 2.75) is 13.2 Å². The summed E-state index contributed by atoms with van der Waals surface area (Å²) in [6, 6.07) is 6.36. The molecule has 1 heterocycles. The first-order valence-corrected chi connectivity index (χ1v) is 5.41. The van der Waals surface area contributed by atoms with E-state index in [9.17, 15) is 0 Å². The molecule has 0 aliphatic carbocycles. The molecule has 2 N–H and O–H groups in total. The standard InChI is InChI=1S/C11H13NOS/c1-13-6-9-7-14-11-4-8(5-12)2-3-10(9)11/h2-4,7H,5-6,12H2,1H3. The van der Waals surface area contributed by atoms with Crippen molar-refractivity contribution in [1.29, 1.82) is 0 Å². The predicted molar refractivity (Wildman–Crippen MR) is 60.4 cm³/mol. The molecule has 0 radical (unpaired) electrons. The molecule has 0 amide bonds. The van der Waals surface area contributed by atoms with Gasteiger partial charge in [-0.3, -0.25) is 0 Å². The highest BCUT2D eigenvalue weighted by Gasteiger charge is 2.03. The SMILES string of the molecule is COCc1csc2cc(CN)ccc12. The van der Waals surface area contributed by atoms with Crippen LogP contribution in [-0.4, -0.2) is 7.11 Å². The van der Waals surface area contributed by atoms with Crippen LogP contribution >= 0.6 is 11.3 Å². The molecule has 0 aliphatic heterocycles. The van der Waals surface area contributed by atoms with Gasteiger partial charge >= 0.3 is 0 Å². The van der Waals surface area contributed by atoms with Crippen LogP contribution in [0.4, 0.5) is 0 Å². The first-order valence-electron chi connectivity index (χ1n) is 4.53. The van der Waals surface area contributed by atoms with Gasteiger partial charge in [-0.05, 0) is 28.0 Å². The Bertz CT molecular complexity index is 436. The Morgan fingerprint density at radius 2 is 2.29 bits per heavy atom. The maximum absolute atomic E-state index is 5.59. The van der Waals surface area contributed by atoms with Gasteiger partial charge < -0.3 is 10.5 Å². The van der Waals surface area contributed by atoms with Crippen molar-refractivity contribution in [2.75, 3.05) is 7.11 Å². The van der Waals surface area contributed by atoms with E-state index in [1.807, 2.05) is 0 Å². The minimum atomic E-state index is 0.605. The Morgan fingerprint density at radius 3 is 3.00 bits per heavy atom. The van der Waals surface area contributed by atoms with E-state index in [-0.39, 0.29) is 0 Å². The third-order valence-electron chi connectivity index (χ3n) is 2.26. The summed E-state index contributed by atoms with van der Waals surface area (Å²) in [6.45, 7) is 1.29. The lowest BCUT2D eigenvalue weighted by molar-refractivity contribution is 0.186. The third-order valence-corrected chi connectivity index (χ3v) is 3.25. The summed E-state index contributed by atoms with van der Waals surface area (Å²) < 4.78 is 6.42. The normalized spacial score (nSPS) is 11.0. The molecule has 0 unspecified atom stereocenters. The molecule has 3 heteroatoms. The molecule has 2 nitrogen and oxygen atoms in total. The number of hydrogen-bond donors (Lipinski definition) is 1. The average molecular weight is 207 g/mol. The van der Waals surface area contributed by atoms with Crippen molar-refractivity contribution in [3.8, 4) is 0 Å². The van der Waals surface area contributed by atoms with Crippen molar-refractivity contribution < 1.29 is 4.74 Å². The molecule has 2 aromatic rings. The number of fused-ring (bicyclic) bond motifs is 1. The zero-order valence-electron chi connectivity index (χ0n) is 8.12. The zero-order chi connectivity index (χ0) is 9.97. The van der Waals surface area contributed by atoms with Gasteiger partial charge in [-0.15, -0.1) is 11.3 Å². The van der Waals surface area contributed by atoms with Crippen molar-refractivity contribution in [3.05, 3.63) is 34.7 Å². The van der Waals surface area contributed by atoms with Crippen molar-refractivity contribution in [1.82, 2.24) is 0 Å². The average Bonchev–Trinajstić information content (AvgIpc) is 2.61. The molecule has 74 valence electrons. The van der Waals surface area contributed by atoms with Gasteiger partial charge in [-0.1, -0.05) is 12.1 Å².